The molecule has 1 N–H and O–H groups in total. The first-order chi connectivity index (χ1) is 8.15. The van der Waals surface area contributed by atoms with E-state index >= 15 is 0 Å². The lowest BCUT2D eigenvalue weighted by Crippen LogP contribution is -2.27. The Morgan fingerprint density at radius 1 is 1.35 bits per heavy atom. The average Bonchev–Trinajstić information content (AvgIpc) is 2.34. The maximum atomic E-state index is 4.96. The Hall–Kier alpha value is -1.20. The molecule has 0 unspecified atom stereocenters. The summed E-state index contributed by atoms with van der Waals surface area (Å²) in [6, 6.07) is 0.403. The maximum absolute atomic E-state index is 4.96. The predicted octanol–water partition coefficient (Wildman–Crippen LogP) is 1.06. The molecule has 0 aliphatic heterocycles. The molecule has 0 spiro atoms. The highest BCUT2D eigenvalue weighted by atomic mass is 16.5. The van der Waals surface area contributed by atoms with Crippen molar-refractivity contribution in [3.05, 3.63) is 18.0 Å². The van der Waals surface area contributed by atoms with Crippen LogP contribution in [0.1, 0.15) is 19.4 Å². The molecular formula is C12H22N4O. The molecule has 0 aliphatic rings. The van der Waals surface area contributed by atoms with Crippen molar-refractivity contribution < 1.29 is 4.74 Å². The number of rotatable bonds is 7. The van der Waals surface area contributed by atoms with Crippen LogP contribution in [-0.4, -0.2) is 43.3 Å². The summed E-state index contributed by atoms with van der Waals surface area (Å²) in [6.45, 7) is 6.56. The molecule has 5 nitrogen and oxygen atoms in total. The van der Waals surface area contributed by atoms with Crippen molar-refractivity contribution in [3.63, 3.8) is 0 Å². The molecular weight excluding hydrogens is 216 g/mol. The van der Waals surface area contributed by atoms with Crippen molar-refractivity contribution in [2.75, 3.05) is 32.2 Å². The average molecular weight is 238 g/mol. The van der Waals surface area contributed by atoms with E-state index in [1.54, 1.807) is 7.11 Å². The van der Waals surface area contributed by atoms with E-state index in [1.165, 1.54) is 0 Å². The minimum atomic E-state index is 0.403. The van der Waals surface area contributed by atoms with Crippen LogP contribution >= 0.6 is 0 Å². The summed E-state index contributed by atoms with van der Waals surface area (Å²) in [5.41, 5.74) is 1.09. The fourth-order valence-corrected chi connectivity index (χ4v) is 1.26. The third kappa shape index (κ3) is 4.66. The standard InChI is InChI=1S/C12H22N4O/c1-10(2)16(3)12-14-8-11(9-15-12)7-13-5-6-17-4/h8-10,13H,5-7H2,1-4H3. The van der Waals surface area contributed by atoms with Crippen LogP contribution in [0.5, 0.6) is 0 Å². The Labute approximate surface area is 103 Å². The van der Waals surface area contributed by atoms with E-state index in [4.69, 9.17) is 4.74 Å². The third-order valence-corrected chi connectivity index (χ3v) is 2.59. The Bertz CT molecular complexity index is 313. The van der Waals surface area contributed by atoms with E-state index in [2.05, 4.69) is 29.1 Å². The number of hydrogen-bond acceptors (Lipinski definition) is 5. The normalized spacial score (nSPS) is 10.9. The summed E-state index contributed by atoms with van der Waals surface area (Å²) >= 11 is 0. The van der Waals surface area contributed by atoms with Gasteiger partial charge in [0.15, 0.2) is 0 Å². The number of hydrogen-bond donors (Lipinski definition) is 1. The van der Waals surface area contributed by atoms with E-state index in [0.29, 0.717) is 6.04 Å². The number of methoxy groups -OCH3 is 1. The Balaban J connectivity index is 2.44. The Morgan fingerprint density at radius 3 is 2.53 bits per heavy atom. The first-order valence-corrected chi connectivity index (χ1v) is 5.88. The minimum Gasteiger partial charge on any atom is -0.383 e. The zero-order chi connectivity index (χ0) is 12.7. The van der Waals surface area contributed by atoms with Gasteiger partial charge in [-0.2, -0.15) is 0 Å². The molecule has 0 radical (unpaired) electrons. The smallest absolute Gasteiger partial charge is 0.225 e. The topological polar surface area (TPSA) is 50.3 Å². The minimum absolute atomic E-state index is 0.403. The number of aromatic nitrogens is 2. The Morgan fingerprint density at radius 2 is 2.00 bits per heavy atom. The van der Waals surface area contributed by atoms with E-state index < -0.39 is 0 Å². The fourth-order valence-electron chi connectivity index (χ4n) is 1.26. The molecule has 0 aliphatic carbocycles. The van der Waals surface area contributed by atoms with Gasteiger partial charge in [-0.3, -0.25) is 0 Å². The molecule has 0 fully saturated rings. The highest BCUT2D eigenvalue weighted by molar-refractivity contribution is 5.29. The molecule has 1 rings (SSSR count). The molecule has 1 aromatic heterocycles. The molecule has 0 saturated carbocycles. The van der Waals surface area contributed by atoms with Crippen molar-refractivity contribution >= 4 is 5.95 Å². The zero-order valence-corrected chi connectivity index (χ0v) is 11.1. The van der Waals surface area contributed by atoms with Crippen LogP contribution in [0.25, 0.3) is 0 Å². The number of anilines is 1. The molecule has 5 heteroatoms. The van der Waals surface area contributed by atoms with Gasteiger partial charge in [0, 0.05) is 51.2 Å². The van der Waals surface area contributed by atoms with Gasteiger partial charge in [0.05, 0.1) is 6.61 Å². The first kappa shape index (κ1) is 13.9. The van der Waals surface area contributed by atoms with Gasteiger partial charge in [0.25, 0.3) is 0 Å². The molecule has 0 saturated heterocycles. The van der Waals surface area contributed by atoms with Gasteiger partial charge in [0.2, 0.25) is 5.95 Å². The summed E-state index contributed by atoms with van der Waals surface area (Å²) in [5, 5.41) is 3.26. The van der Waals surface area contributed by atoms with Crippen molar-refractivity contribution in [3.8, 4) is 0 Å². The maximum Gasteiger partial charge on any atom is 0.225 e. The van der Waals surface area contributed by atoms with Crippen LogP contribution in [-0.2, 0) is 11.3 Å². The van der Waals surface area contributed by atoms with Gasteiger partial charge < -0.3 is 15.0 Å². The van der Waals surface area contributed by atoms with Crippen LogP contribution in [0.3, 0.4) is 0 Å². The summed E-state index contributed by atoms with van der Waals surface area (Å²) < 4.78 is 4.96. The molecule has 1 heterocycles. The number of nitrogens with one attached hydrogen (secondary N) is 1. The van der Waals surface area contributed by atoms with E-state index in [1.807, 2.05) is 24.3 Å². The van der Waals surface area contributed by atoms with Crippen LogP contribution in [0.15, 0.2) is 12.4 Å². The monoisotopic (exact) mass is 238 g/mol. The van der Waals surface area contributed by atoms with Crippen LogP contribution < -0.4 is 10.2 Å². The lowest BCUT2D eigenvalue weighted by Gasteiger charge is -2.21. The quantitative estimate of drug-likeness (QED) is 0.720. The highest BCUT2D eigenvalue weighted by Crippen LogP contribution is 2.07. The van der Waals surface area contributed by atoms with E-state index in [9.17, 15) is 0 Å². The van der Waals surface area contributed by atoms with Crippen LogP contribution in [0, 0.1) is 0 Å². The molecule has 0 bridgehead atoms. The van der Waals surface area contributed by atoms with Gasteiger partial charge >= 0.3 is 0 Å². The van der Waals surface area contributed by atoms with E-state index in [0.717, 1.165) is 31.2 Å². The van der Waals surface area contributed by atoms with Crippen molar-refractivity contribution in [2.24, 2.45) is 0 Å². The summed E-state index contributed by atoms with van der Waals surface area (Å²) in [5.74, 6) is 0.764. The van der Waals surface area contributed by atoms with Crippen molar-refractivity contribution in [1.82, 2.24) is 15.3 Å². The van der Waals surface area contributed by atoms with Gasteiger partial charge in [-0.05, 0) is 13.8 Å². The van der Waals surface area contributed by atoms with Gasteiger partial charge in [-0.25, -0.2) is 9.97 Å². The van der Waals surface area contributed by atoms with Gasteiger partial charge in [0.1, 0.15) is 0 Å². The summed E-state index contributed by atoms with van der Waals surface area (Å²) in [6.07, 6.45) is 3.72. The second kappa shape index (κ2) is 7.19. The van der Waals surface area contributed by atoms with Crippen LogP contribution in [0.2, 0.25) is 0 Å². The zero-order valence-electron chi connectivity index (χ0n) is 11.1. The SMILES string of the molecule is COCCNCc1cnc(N(C)C(C)C)nc1. The number of ether oxygens (including phenoxy) is 1. The molecule has 1 aromatic rings. The van der Waals surface area contributed by atoms with Gasteiger partial charge in [-0.15, -0.1) is 0 Å². The predicted molar refractivity (Wildman–Crippen MR) is 69.2 cm³/mol. The molecule has 96 valence electrons. The second-order valence-corrected chi connectivity index (χ2v) is 4.27. The Kier molecular flexibility index (Phi) is 5.86. The summed E-state index contributed by atoms with van der Waals surface area (Å²) in [7, 11) is 3.69. The molecule has 0 aromatic carbocycles. The molecule has 0 amide bonds. The van der Waals surface area contributed by atoms with Gasteiger partial charge in [-0.1, -0.05) is 0 Å². The lowest BCUT2D eigenvalue weighted by molar-refractivity contribution is 0.199. The highest BCUT2D eigenvalue weighted by Gasteiger charge is 2.07. The van der Waals surface area contributed by atoms with Crippen molar-refractivity contribution in [2.45, 2.75) is 26.4 Å². The summed E-state index contributed by atoms with van der Waals surface area (Å²) in [4.78, 5) is 10.7. The third-order valence-electron chi connectivity index (χ3n) is 2.59. The first-order valence-electron chi connectivity index (χ1n) is 5.88. The lowest BCUT2D eigenvalue weighted by atomic mass is 10.3. The molecule has 17 heavy (non-hydrogen) atoms. The largest absolute Gasteiger partial charge is 0.383 e. The molecule has 0 atom stereocenters. The fraction of sp³-hybridized carbons (Fsp3) is 0.667. The number of nitrogens with zero attached hydrogens (tertiary/aromatic N) is 3. The van der Waals surface area contributed by atoms with Crippen LogP contribution in [0.4, 0.5) is 5.95 Å². The second-order valence-electron chi connectivity index (χ2n) is 4.27. The van der Waals surface area contributed by atoms with Crippen molar-refractivity contribution in [1.29, 1.82) is 0 Å². The van der Waals surface area contributed by atoms with E-state index in [-0.39, 0.29) is 0 Å².